The van der Waals surface area contributed by atoms with E-state index in [-0.39, 0.29) is 11.8 Å². The summed E-state index contributed by atoms with van der Waals surface area (Å²) in [5.74, 6) is -0.444. The van der Waals surface area contributed by atoms with Gasteiger partial charge in [-0.3, -0.25) is 4.79 Å². The van der Waals surface area contributed by atoms with E-state index >= 15 is 0 Å². The minimum absolute atomic E-state index is 0.0181. The number of nitrogens with zero attached hydrogens (tertiary/aromatic N) is 3. The van der Waals surface area contributed by atoms with Gasteiger partial charge in [-0.25, -0.2) is 18.7 Å². The van der Waals surface area contributed by atoms with E-state index in [9.17, 15) is 13.6 Å². The van der Waals surface area contributed by atoms with Gasteiger partial charge in [0.15, 0.2) is 17.3 Å². The molecule has 1 aliphatic rings. The van der Waals surface area contributed by atoms with Crippen LogP contribution in [0.5, 0.6) is 11.5 Å². The number of hydrogen-bond donors (Lipinski definition) is 1. The number of hydrogen-bond acceptors (Lipinski definition) is 7. The molecule has 33 heavy (non-hydrogen) atoms. The highest BCUT2D eigenvalue weighted by atomic mass is 35.5. The Hall–Kier alpha value is -3.46. The number of benzene rings is 2. The van der Waals surface area contributed by atoms with E-state index in [1.165, 1.54) is 25.6 Å². The molecule has 3 aromatic rings. The minimum Gasteiger partial charge on any atom is -0.493 e. The first-order valence-corrected chi connectivity index (χ1v) is 10.6. The minimum atomic E-state index is -0.913. The standard InChI is InChI=1S/C23H21ClF2N4O3/c1-32-19-12-18-15(11-20(19)33-14-5-8-30(9-6-14)7-2-10-31)23(28-13-27-18)29-17-4-3-16(25)21(24)22(17)26/h2-4,7,10-14H,5-6,8-9H2,1H3,(H,27,28,29). The quantitative estimate of drug-likeness (QED) is 0.297. The lowest BCUT2D eigenvalue weighted by Gasteiger charge is -2.31. The number of carbonyl (C=O) groups is 1. The van der Waals surface area contributed by atoms with Crippen LogP contribution in [0.15, 0.2) is 42.9 Å². The first-order chi connectivity index (χ1) is 16.0. The van der Waals surface area contributed by atoms with Crippen molar-refractivity contribution in [1.29, 1.82) is 0 Å². The smallest absolute Gasteiger partial charge is 0.168 e. The fourth-order valence-electron chi connectivity index (χ4n) is 3.64. The fraction of sp³-hybridized carbons (Fsp3) is 0.261. The lowest BCUT2D eigenvalue weighted by molar-refractivity contribution is -0.104. The number of methoxy groups -OCH3 is 1. The van der Waals surface area contributed by atoms with Crippen LogP contribution < -0.4 is 14.8 Å². The van der Waals surface area contributed by atoms with Crippen molar-refractivity contribution in [1.82, 2.24) is 14.9 Å². The number of carbonyl (C=O) groups excluding carboxylic acids is 1. The molecule has 7 nitrogen and oxygen atoms in total. The normalized spacial score (nSPS) is 14.6. The van der Waals surface area contributed by atoms with Crippen LogP contribution in [0.3, 0.4) is 0 Å². The maximum Gasteiger partial charge on any atom is 0.168 e. The van der Waals surface area contributed by atoms with Crippen molar-refractivity contribution in [3.63, 3.8) is 0 Å². The summed E-state index contributed by atoms with van der Waals surface area (Å²) < 4.78 is 39.7. The molecular weight excluding hydrogens is 454 g/mol. The number of nitrogens with one attached hydrogen (secondary N) is 1. The number of halogens is 3. The van der Waals surface area contributed by atoms with Crippen molar-refractivity contribution < 1.29 is 23.0 Å². The second-order valence-electron chi connectivity index (χ2n) is 7.42. The number of anilines is 2. The molecule has 0 spiro atoms. The molecule has 1 N–H and O–H groups in total. The van der Waals surface area contributed by atoms with Gasteiger partial charge in [0, 0.05) is 43.6 Å². The molecule has 0 bridgehead atoms. The zero-order valence-electron chi connectivity index (χ0n) is 17.7. The fourth-order valence-corrected chi connectivity index (χ4v) is 3.81. The van der Waals surface area contributed by atoms with Gasteiger partial charge in [-0.05, 0) is 24.3 Å². The number of ether oxygens (including phenoxy) is 2. The Morgan fingerprint density at radius 1 is 1.18 bits per heavy atom. The Labute approximate surface area is 194 Å². The maximum atomic E-state index is 14.4. The summed E-state index contributed by atoms with van der Waals surface area (Å²) in [6.45, 7) is 1.51. The van der Waals surface area contributed by atoms with Crippen molar-refractivity contribution in [3.05, 3.63) is 59.5 Å². The number of piperidine rings is 1. The zero-order chi connectivity index (χ0) is 23.4. The molecule has 172 valence electrons. The largest absolute Gasteiger partial charge is 0.493 e. The second-order valence-corrected chi connectivity index (χ2v) is 7.80. The summed E-state index contributed by atoms with van der Waals surface area (Å²) in [7, 11) is 1.54. The number of aromatic nitrogens is 2. The number of likely N-dealkylation sites (tertiary alicyclic amines) is 1. The number of rotatable bonds is 7. The molecule has 0 unspecified atom stereocenters. The summed E-state index contributed by atoms with van der Waals surface area (Å²) in [6, 6.07) is 5.77. The van der Waals surface area contributed by atoms with E-state index < -0.39 is 16.7 Å². The van der Waals surface area contributed by atoms with Gasteiger partial charge in [0.25, 0.3) is 0 Å². The summed E-state index contributed by atoms with van der Waals surface area (Å²) in [4.78, 5) is 21.0. The lowest BCUT2D eigenvalue weighted by atomic mass is 10.1. The number of aldehydes is 1. The van der Waals surface area contributed by atoms with Gasteiger partial charge >= 0.3 is 0 Å². The molecule has 0 amide bonds. The van der Waals surface area contributed by atoms with Crippen LogP contribution in [-0.4, -0.2) is 47.5 Å². The average Bonchev–Trinajstić information content (AvgIpc) is 2.84. The predicted octanol–water partition coefficient (Wildman–Crippen LogP) is 4.87. The Morgan fingerprint density at radius 2 is 1.97 bits per heavy atom. The molecule has 4 rings (SSSR count). The molecule has 10 heteroatoms. The molecule has 0 radical (unpaired) electrons. The van der Waals surface area contributed by atoms with Crippen molar-refractivity contribution in [2.75, 3.05) is 25.5 Å². The third kappa shape index (κ3) is 4.98. The molecule has 2 aromatic carbocycles. The van der Waals surface area contributed by atoms with E-state index in [1.807, 2.05) is 0 Å². The molecule has 1 saturated heterocycles. The van der Waals surface area contributed by atoms with Crippen molar-refractivity contribution in [2.24, 2.45) is 0 Å². The Balaban J connectivity index is 1.61. The Kier molecular flexibility index (Phi) is 6.88. The van der Waals surface area contributed by atoms with E-state index in [1.54, 1.807) is 18.3 Å². The predicted molar refractivity (Wildman–Crippen MR) is 121 cm³/mol. The van der Waals surface area contributed by atoms with Gasteiger partial charge in [-0.2, -0.15) is 0 Å². The van der Waals surface area contributed by atoms with Crippen molar-refractivity contribution >= 4 is 40.3 Å². The average molecular weight is 475 g/mol. The highest BCUT2D eigenvalue weighted by molar-refractivity contribution is 6.31. The van der Waals surface area contributed by atoms with Crippen LogP contribution in [0.4, 0.5) is 20.3 Å². The monoisotopic (exact) mass is 474 g/mol. The van der Waals surface area contributed by atoms with Crippen LogP contribution in [0.1, 0.15) is 12.8 Å². The van der Waals surface area contributed by atoms with Crippen LogP contribution >= 0.6 is 11.6 Å². The van der Waals surface area contributed by atoms with Gasteiger partial charge in [0.05, 0.1) is 18.3 Å². The van der Waals surface area contributed by atoms with E-state index in [0.717, 1.165) is 38.3 Å². The third-order valence-electron chi connectivity index (χ3n) is 5.35. The molecule has 1 aromatic heterocycles. The molecule has 1 aliphatic heterocycles. The first kappa shape index (κ1) is 22.7. The molecular formula is C23H21ClF2N4O3. The number of allylic oxidation sites excluding steroid dienone is 1. The zero-order valence-corrected chi connectivity index (χ0v) is 18.5. The molecule has 0 aliphatic carbocycles. The van der Waals surface area contributed by atoms with Crippen LogP contribution in [0.2, 0.25) is 5.02 Å². The summed E-state index contributed by atoms with van der Waals surface area (Å²) >= 11 is 5.69. The Morgan fingerprint density at radius 3 is 2.70 bits per heavy atom. The van der Waals surface area contributed by atoms with Crippen molar-refractivity contribution in [3.8, 4) is 11.5 Å². The summed E-state index contributed by atoms with van der Waals surface area (Å²) in [5, 5.41) is 2.83. The highest BCUT2D eigenvalue weighted by Crippen LogP contribution is 2.37. The summed E-state index contributed by atoms with van der Waals surface area (Å²) in [6.07, 6.45) is 6.81. The van der Waals surface area contributed by atoms with Crippen LogP contribution in [0.25, 0.3) is 10.9 Å². The maximum absolute atomic E-state index is 14.4. The second kappa shape index (κ2) is 9.99. The van der Waals surface area contributed by atoms with Gasteiger partial charge in [-0.1, -0.05) is 11.6 Å². The molecule has 0 atom stereocenters. The SMILES string of the molecule is COc1cc2ncnc(Nc3ccc(F)c(Cl)c3F)c2cc1OC1CCN(C=CC=O)CC1. The van der Waals surface area contributed by atoms with Gasteiger partial charge in [-0.15, -0.1) is 0 Å². The molecule has 0 saturated carbocycles. The third-order valence-corrected chi connectivity index (χ3v) is 5.70. The number of fused-ring (bicyclic) bond motifs is 1. The van der Waals surface area contributed by atoms with E-state index in [4.69, 9.17) is 21.1 Å². The van der Waals surface area contributed by atoms with E-state index in [0.29, 0.717) is 28.2 Å². The molecule has 2 heterocycles. The Bertz CT molecular complexity index is 1200. The van der Waals surface area contributed by atoms with E-state index in [2.05, 4.69) is 20.2 Å². The van der Waals surface area contributed by atoms with Gasteiger partial charge < -0.3 is 19.7 Å². The van der Waals surface area contributed by atoms with Gasteiger partial charge in [0.2, 0.25) is 0 Å². The van der Waals surface area contributed by atoms with Crippen LogP contribution in [-0.2, 0) is 4.79 Å². The van der Waals surface area contributed by atoms with Crippen molar-refractivity contribution in [2.45, 2.75) is 18.9 Å². The molecule has 1 fully saturated rings. The topological polar surface area (TPSA) is 76.6 Å². The summed E-state index contributed by atoms with van der Waals surface area (Å²) in [5.41, 5.74) is 0.537. The van der Waals surface area contributed by atoms with Gasteiger partial charge in [0.1, 0.15) is 35.4 Å². The van der Waals surface area contributed by atoms with Crippen LogP contribution in [0, 0.1) is 11.6 Å². The first-order valence-electron chi connectivity index (χ1n) is 10.3. The lowest BCUT2D eigenvalue weighted by Crippen LogP contribution is -2.35. The highest BCUT2D eigenvalue weighted by Gasteiger charge is 2.21.